The number of ether oxygens (including phenoxy) is 2. The van der Waals surface area contributed by atoms with Crippen molar-refractivity contribution in [1.82, 2.24) is 34.5 Å². The van der Waals surface area contributed by atoms with Gasteiger partial charge in [-0.15, -0.1) is 0 Å². The number of carbonyl (C=O) groups is 1. The van der Waals surface area contributed by atoms with E-state index in [0.717, 1.165) is 42.5 Å². The van der Waals surface area contributed by atoms with Gasteiger partial charge >= 0.3 is 6.09 Å². The number of nitrogens with zero attached hydrogens (tertiary/aromatic N) is 7. The molecule has 0 aromatic carbocycles. The molecule has 1 saturated heterocycles. The van der Waals surface area contributed by atoms with Crippen LogP contribution in [0, 0.1) is 0 Å². The summed E-state index contributed by atoms with van der Waals surface area (Å²) >= 11 is 6.85. The molecule has 4 heterocycles. The van der Waals surface area contributed by atoms with Crippen LogP contribution in [0.4, 0.5) is 16.6 Å². The number of rotatable bonds is 11. The molecule has 1 aliphatic heterocycles. The third-order valence-electron chi connectivity index (χ3n) is 7.40. The minimum absolute atomic E-state index is 0.0613. The number of nitrogens with one attached hydrogen (secondary N) is 1. The van der Waals surface area contributed by atoms with Gasteiger partial charge in [0.2, 0.25) is 5.95 Å². The zero-order valence-electron chi connectivity index (χ0n) is 28.2. The molecule has 0 saturated carbocycles. The number of hydrogen-bond acceptors (Lipinski definition) is 9. The van der Waals surface area contributed by atoms with Gasteiger partial charge in [-0.25, -0.2) is 24.4 Å². The number of halogens is 1. The molecule has 246 valence electrons. The minimum Gasteiger partial charge on any atom is -0.444 e. The van der Waals surface area contributed by atoms with Gasteiger partial charge in [-0.1, -0.05) is 51.2 Å². The van der Waals surface area contributed by atoms with Crippen LogP contribution in [0.2, 0.25) is 30.8 Å². The molecule has 1 aliphatic rings. The summed E-state index contributed by atoms with van der Waals surface area (Å²) in [5, 5.41) is 8.49. The molecule has 3 aromatic rings. The first-order chi connectivity index (χ1) is 21.1. The van der Waals surface area contributed by atoms with E-state index in [4.69, 9.17) is 31.2 Å². The summed E-state index contributed by atoms with van der Waals surface area (Å²) in [6.07, 6.45) is 3.31. The van der Waals surface area contributed by atoms with E-state index in [9.17, 15) is 4.79 Å². The van der Waals surface area contributed by atoms with Crippen LogP contribution in [0.5, 0.6) is 0 Å². The number of carbonyl (C=O) groups excluding carboxylic acids is 1. The van der Waals surface area contributed by atoms with Crippen molar-refractivity contribution in [1.29, 1.82) is 0 Å². The fourth-order valence-corrected chi connectivity index (χ4v) is 6.04. The molecule has 11 nitrogen and oxygen atoms in total. The van der Waals surface area contributed by atoms with Crippen LogP contribution in [0.3, 0.4) is 0 Å². The Morgan fingerprint density at radius 1 is 1.16 bits per heavy atom. The van der Waals surface area contributed by atoms with Crippen molar-refractivity contribution in [3.8, 4) is 11.3 Å². The fourth-order valence-electron chi connectivity index (χ4n) is 5.01. The molecule has 13 heteroatoms. The Hall–Kier alpha value is -3.06. The molecule has 0 spiro atoms. The van der Waals surface area contributed by atoms with Crippen LogP contribution in [0.1, 0.15) is 58.7 Å². The van der Waals surface area contributed by atoms with Crippen molar-refractivity contribution >= 4 is 37.5 Å². The molecule has 1 atom stereocenters. The number of anilines is 2. The van der Waals surface area contributed by atoms with E-state index < -0.39 is 13.7 Å². The molecule has 1 amide bonds. The van der Waals surface area contributed by atoms with Gasteiger partial charge in [0.1, 0.15) is 23.3 Å². The van der Waals surface area contributed by atoms with Crippen molar-refractivity contribution in [2.45, 2.75) is 98.1 Å². The predicted octanol–water partition coefficient (Wildman–Crippen LogP) is 7.01. The third-order valence-corrected chi connectivity index (χ3v) is 9.48. The second-order valence-electron chi connectivity index (χ2n) is 14.3. The molecular weight excluding hydrogens is 608 g/mol. The lowest BCUT2D eigenvalue weighted by atomic mass is 10.0. The van der Waals surface area contributed by atoms with Gasteiger partial charge in [0.25, 0.3) is 0 Å². The van der Waals surface area contributed by atoms with Crippen molar-refractivity contribution in [2.24, 2.45) is 0 Å². The molecule has 1 fully saturated rings. The van der Waals surface area contributed by atoms with Crippen LogP contribution in [-0.4, -0.2) is 86.6 Å². The van der Waals surface area contributed by atoms with Crippen LogP contribution in [0.25, 0.3) is 11.3 Å². The summed E-state index contributed by atoms with van der Waals surface area (Å²) in [5.41, 5.74) is 2.92. The Bertz CT molecular complexity index is 1440. The standard InChI is InChI=1S/C32H49ClN8O3Si/c1-22(2)28-27(29(33)41(38-28)21-43-16-17-45(7,8)9)25-12-13-34-30(36-25)37-26-11-10-24(18-35-26)20-39-14-15-40(23(3)19-39)31(42)44-32(4,5)6/h10-13,18,22-23H,14-17,19-21H2,1-9H3,(H,34,35,36,37)/t23-/m1/s1. The Morgan fingerprint density at radius 3 is 2.53 bits per heavy atom. The lowest BCUT2D eigenvalue weighted by Gasteiger charge is -2.40. The first kappa shape index (κ1) is 34.8. The highest BCUT2D eigenvalue weighted by Crippen LogP contribution is 2.34. The van der Waals surface area contributed by atoms with E-state index in [1.165, 1.54) is 0 Å². The van der Waals surface area contributed by atoms with Crippen LogP contribution < -0.4 is 5.32 Å². The molecule has 0 bridgehead atoms. The molecule has 4 rings (SSSR count). The summed E-state index contributed by atoms with van der Waals surface area (Å²) in [5.74, 6) is 1.20. The maximum absolute atomic E-state index is 12.6. The summed E-state index contributed by atoms with van der Waals surface area (Å²) in [7, 11) is -1.19. The molecule has 45 heavy (non-hydrogen) atoms. The van der Waals surface area contributed by atoms with E-state index >= 15 is 0 Å². The fraction of sp³-hybridized carbons (Fsp3) is 0.594. The van der Waals surface area contributed by atoms with Gasteiger partial charge in [0.15, 0.2) is 0 Å². The normalized spacial score (nSPS) is 16.3. The summed E-state index contributed by atoms with van der Waals surface area (Å²) in [6, 6.07) is 6.96. The van der Waals surface area contributed by atoms with E-state index in [0.29, 0.717) is 42.5 Å². The maximum Gasteiger partial charge on any atom is 0.410 e. The van der Waals surface area contributed by atoms with Gasteiger partial charge in [-0.3, -0.25) is 4.90 Å². The molecular formula is C32H49ClN8O3Si. The lowest BCUT2D eigenvalue weighted by molar-refractivity contribution is 0.000545. The first-order valence-electron chi connectivity index (χ1n) is 15.7. The molecule has 0 aliphatic carbocycles. The second-order valence-corrected chi connectivity index (χ2v) is 20.2. The Labute approximate surface area is 273 Å². The number of hydrogen-bond donors (Lipinski definition) is 1. The van der Waals surface area contributed by atoms with Crippen molar-refractivity contribution in [3.05, 3.63) is 47.0 Å². The average Bonchev–Trinajstić information content (AvgIpc) is 3.27. The van der Waals surface area contributed by atoms with Crippen LogP contribution in [-0.2, 0) is 22.7 Å². The Kier molecular flexibility index (Phi) is 11.3. The van der Waals surface area contributed by atoms with Crippen LogP contribution >= 0.6 is 11.6 Å². The Morgan fingerprint density at radius 2 is 1.91 bits per heavy atom. The first-order valence-corrected chi connectivity index (χ1v) is 19.8. The van der Waals surface area contributed by atoms with Crippen molar-refractivity contribution < 1.29 is 14.3 Å². The van der Waals surface area contributed by atoms with E-state index in [-0.39, 0.29) is 18.1 Å². The quantitative estimate of drug-likeness (QED) is 0.172. The van der Waals surface area contributed by atoms with Crippen molar-refractivity contribution in [2.75, 3.05) is 31.6 Å². The minimum atomic E-state index is -1.19. The van der Waals surface area contributed by atoms with Crippen LogP contribution in [0.15, 0.2) is 30.6 Å². The Balaban J connectivity index is 1.38. The van der Waals surface area contributed by atoms with E-state index in [1.54, 1.807) is 10.9 Å². The van der Waals surface area contributed by atoms with Gasteiger partial charge in [-0.05, 0) is 57.4 Å². The number of pyridine rings is 1. The average molecular weight is 657 g/mol. The summed E-state index contributed by atoms with van der Waals surface area (Å²) < 4.78 is 13.2. The number of aromatic nitrogens is 5. The monoisotopic (exact) mass is 656 g/mol. The zero-order valence-corrected chi connectivity index (χ0v) is 30.0. The topological polar surface area (TPSA) is 111 Å². The van der Waals surface area contributed by atoms with E-state index in [2.05, 4.69) is 60.6 Å². The van der Waals surface area contributed by atoms with Gasteiger partial charge in [0.05, 0.1) is 17.0 Å². The SMILES string of the molecule is CC(C)c1nn(COCC[Si](C)(C)C)c(Cl)c1-c1ccnc(Nc2ccc(CN3CCN(C(=O)OC(C)(C)C)[C@H](C)C3)cn2)n1. The number of amides is 1. The number of piperazine rings is 1. The summed E-state index contributed by atoms with van der Waals surface area (Å²) in [4.78, 5) is 30.5. The lowest BCUT2D eigenvalue weighted by Crippen LogP contribution is -2.54. The largest absolute Gasteiger partial charge is 0.444 e. The molecule has 0 radical (unpaired) electrons. The van der Waals surface area contributed by atoms with Gasteiger partial charge < -0.3 is 19.7 Å². The highest BCUT2D eigenvalue weighted by Gasteiger charge is 2.31. The van der Waals surface area contributed by atoms with Gasteiger partial charge in [0, 0.05) is 59.3 Å². The molecule has 1 N–H and O–H groups in total. The molecule has 3 aromatic heterocycles. The van der Waals surface area contributed by atoms with Crippen molar-refractivity contribution in [3.63, 3.8) is 0 Å². The third kappa shape index (κ3) is 9.96. The predicted molar refractivity (Wildman–Crippen MR) is 182 cm³/mol. The maximum atomic E-state index is 12.6. The summed E-state index contributed by atoms with van der Waals surface area (Å²) in [6.45, 7) is 22.8. The second kappa shape index (κ2) is 14.6. The molecule has 0 unspecified atom stereocenters. The van der Waals surface area contributed by atoms with E-state index in [1.807, 2.05) is 50.1 Å². The highest BCUT2D eigenvalue weighted by atomic mass is 35.5. The smallest absolute Gasteiger partial charge is 0.410 e. The van der Waals surface area contributed by atoms with Gasteiger partial charge in [-0.2, -0.15) is 5.10 Å². The highest BCUT2D eigenvalue weighted by molar-refractivity contribution is 6.76. The zero-order chi connectivity index (χ0) is 32.9.